The first-order chi connectivity index (χ1) is 20.9. The van der Waals surface area contributed by atoms with Crippen LogP contribution >= 0.6 is 15.9 Å². The number of rotatable bonds is 11. The van der Waals surface area contributed by atoms with Crippen LogP contribution < -0.4 is 10.6 Å². The highest BCUT2D eigenvalue weighted by molar-refractivity contribution is 9.09. The molecule has 2 aromatic rings. The van der Waals surface area contributed by atoms with Crippen LogP contribution in [0.1, 0.15) is 17.5 Å². The summed E-state index contributed by atoms with van der Waals surface area (Å²) in [5.41, 5.74) is 0.707. The van der Waals surface area contributed by atoms with E-state index in [0.29, 0.717) is 45.7 Å². The van der Waals surface area contributed by atoms with Crippen molar-refractivity contribution in [2.24, 2.45) is 11.8 Å². The maximum atomic E-state index is 14.4. The van der Waals surface area contributed by atoms with Gasteiger partial charge in [-0.15, -0.1) is 0 Å². The Labute approximate surface area is 260 Å². The number of carbonyl (C=O) groups is 3. The molecule has 4 aliphatic rings. The standard InChI is InChI=1S/C32H39BrN4O6/c33-24-18-32-26(25(27(24)43-32)29(39)35-19-22-9-5-2-6-10-22)31(41)37(23(20-38)17-21-7-3-1-4-8-21)28(32)30(40)34-11-12-36-13-15-42-16-14-36/h1-10,23-28,38H,11-20H2,(H,34,40)(H,35,39)/t23-,24?,25-,26+,27-,28?,32?/m1/s1. The van der Waals surface area contributed by atoms with Crippen molar-refractivity contribution in [1.29, 1.82) is 0 Å². The maximum absolute atomic E-state index is 14.4. The Kier molecular flexibility index (Phi) is 9.16. The van der Waals surface area contributed by atoms with Gasteiger partial charge in [0.2, 0.25) is 17.7 Å². The number of amides is 3. The summed E-state index contributed by atoms with van der Waals surface area (Å²) in [6.07, 6.45) is 0.241. The van der Waals surface area contributed by atoms with Crippen LogP contribution in [0.3, 0.4) is 0 Å². The SMILES string of the molecule is O=C(NCCN1CCOCC1)C1N([C@@H](CO)Cc2ccccc2)C(=O)[C@@H]2[C@@H](C(=O)NCc3ccccc3)[C@@H]3OC12CC3Br. The van der Waals surface area contributed by atoms with Crippen LogP contribution in [0.25, 0.3) is 0 Å². The van der Waals surface area contributed by atoms with Crippen LogP contribution in [0.4, 0.5) is 0 Å². The normalized spacial score (nSPS) is 30.7. The van der Waals surface area contributed by atoms with Crippen LogP contribution in [0, 0.1) is 11.8 Å². The average molecular weight is 656 g/mol. The highest BCUT2D eigenvalue weighted by Gasteiger charge is 2.77. The molecule has 2 aromatic carbocycles. The first-order valence-electron chi connectivity index (χ1n) is 15.1. The molecule has 43 heavy (non-hydrogen) atoms. The molecule has 3 N–H and O–H groups in total. The van der Waals surface area contributed by atoms with Gasteiger partial charge in [0, 0.05) is 37.6 Å². The second kappa shape index (κ2) is 13.0. The summed E-state index contributed by atoms with van der Waals surface area (Å²) in [5.74, 6) is -2.50. The zero-order valence-corrected chi connectivity index (χ0v) is 25.7. The van der Waals surface area contributed by atoms with E-state index in [1.165, 1.54) is 4.90 Å². The molecule has 0 aliphatic carbocycles. The van der Waals surface area contributed by atoms with E-state index >= 15 is 0 Å². The number of aliphatic hydroxyl groups is 1. The summed E-state index contributed by atoms with van der Waals surface area (Å²) < 4.78 is 12.1. The van der Waals surface area contributed by atoms with Gasteiger partial charge < -0.3 is 30.1 Å². The molecule has 7 atom stereocenters. The quantitative estimate of drug-likeness (QED) is 0.311. The van der Waals surface area contributed by atoms with Crippen LogP contribution in [0.2, 0.25) is 0 Å². The third kappa shape index (κ3) is 5.85. The molecule has 3 unspecified atom stereocenters. The van der Waals surface area contributed by atoms with Crippen LogP contribution in [0.15, 0.2) is 60.7 Å². The van der Waals surface area contributed by atoms with Gasteiger partial charge >= 0.3 is 0 Å². The number of morpholine rings is 1. The van der Waals surface area contributed by atoms with Crippen molar-refractivity contribution in [2.45, 2.75) is 48.0 Å². The molecule has 4 aliphatic heterocycles. The van der Waals surface area contributed by atoms with Crippen molar-refractivity contribution in [3.63, 3.8) is 0 Å². The van der Waals surface area contributed by atoms with E-state index in [9.17, 15) is 19.5 Å². The van der Waals surface area contributed by atoms with Gasteiger partial charge in [-0.25, -0.2) is 0 Å². The average Bonchev–Trinajstić information content (AvgIpc) is 3.63. The van der Waals surface area contributed by atoms with Gasteiger partial charge in [-0.3, -0.25) is 19.3 Å². The maximum Gasteiger partial charge on any atom is 0.245 e. The molecule has 230 valence electrons. The number of carbonyl (C=O) groups excluding carboxylic acids is 3. The summed E-state index contributed by atoms with van der Waals surface area (Å²) in [7, 11) is 0. The molecular weight excluding hydrogens is 616 g/mol. The topological polar surface area (TPSA) is 120 Å². The van der Waals surface area contributed by atoms with Gasteiger partial charge in [0.1, 0.15) is 11.6 Å². The van der Waals surface area contributed by atoms with E-state index in [1.807, 2.05) is 60.7 Å². The van der Waals surface area contributed by atoms with Gasteiger partial charge in [-0.05, 0) is 24.0 Å². The number of nitrogens with zero attached hydrogens (tertiary/aromatic N) is 2. The molecule has 11 heteroatoms. The van der Waals surface area contributed by atoms with E-state index in [4.69, 9.17) is 9.47 Å². The predicted octanol–water partition coefficient (Wildman–Crippen LogP) is 1.10. The summed E-state index contributed by atoms with van der Waals surface area (Å²) in [5, 5.41) is 16.7. The minimum absolute atomic E-state index is 0.200. The molecular formula is C32H39BrN4O6. The number of aliphatic hydroxyl groups excluding tert-OH is 1. The molecule has 0 radical (unpaired) electrons. The van der Waals surface area contributed by atoms with E-state index in [1.54, 1.807) is 0 Å². The number of likely N-dealkylation sites (tertiary alicyclic amines) is 1. The zero-order chi connectivity index (χ0) is 30.0. The fraction of sp³-hybridized carbons (Fsp3) is 0.531. The number of halogens is 1. The van der Waals surface area contributed by atoms with Crippen LogP contribution in [0.5, 0.6) is 0 Å². The Morgan fingerprint density at radius 2 is 1.67 bits per heavy atom. The van der Waals surface area contributed by atoms with Crippen LogP contribution in [-0.2, 0) is 36.8 Å². The minimum Gasteiger partial charge on any atom is -0.394 e. The largest absolute Gasteiger partial charge is 0.394 e. The van der Waals surface area contributed by atoms with E-state index in [2.05, 4.69) is 31.5 Å². The van der Waals surface area contributed by atoms with Crippen molar-refractivity contribution in [1.82, 2.24) is 20.4 Å². The molecule has 3 amide bonds. The number of nitrogens with one attached hydrogen (secondary N) is 2. The second-order valence-corrected chi connectivity index (χ2v) is 13.1. The number of hydrogen-bond donors (Lipinski definition) is 3. The Hall–Kier alpha value is -2.83. The Balaban J connectivity index is 1.28. The monoisotopic (exact) mass is 654 g/mol. The van der Waals surface area contributed by atoms with Crippen molar-refractivity contribution in [2.75, 3.05) is 46.0 Å². The lowest BCUT2D eigenvalue weighted by Gasteiger charge is -2.37. The van der Waals surface area contributed by atoms with E-state index < -0.39 is 35.6 Å². The number of ether oxygens (including phenoxy) is 2. The second-order valence-electron chi connectivity index (χ2n) is 11.9. The molecule has 1 spiro atoms. The Bertz CT molecular complexity index is 1300. The summed E-state index contributed by atoms with van der Waals surface area (Å²) >= 11 is 3.73. The first-order valence-corrected chi connectivity index (χ1v) is 16.0. The molecule has 4 saturated heterocycles. The number of alkyl halides is 1. The third-order valence-electron chi connectivity index (χ3n) is 9.34. The lowest BCUT2D eigenvalue weighted by atomic mass is 9.70. The van der Waals surface area contributed by atoms with Crippen LogP contribution in [-0.4, -0.2) is 107 Å². The minimum atomic E-state index is -1.18. The number of hydrogen-bond acceptors (Lipinski definition) is 7. The van der Waals surface area contributed by atoms with Crippen molar-refractivity contribution in [3.8, 4) is 0 Å². The van der Waals surface area contributed by atoms with E-state index in [-0.39, 0.29) is 29.2 Å². The fourth-order valence-electron chi connectivity index (χ4n) is 7.36. The molecule has 2 bridgehead atoms. The van der Waals surface area contributed by atoms with Crippen molar-refractivity contribution >= 4 is 33.7 Å². The molecule has 4 fully saturated rings. The lowest BCUT2D eigenvalue weighted by molar-refractivity contribution is -0.145. The molecule has 0 aromatic heterocycles. The summed E-state index contributed by atoms with van der Waals surface area (Å²) in [6, 6.07) is 17.6. The summed E-state index contributed by atoms with van der Waals surface area (Å²) in [4.78, 5) is 45.9. The van der Waals surface area contributed by atoms with Gasteiger partial charge in [0.25, 0.3) is 0 Å². The summed E-state index contributed by atoms with van der Waals surface area (Å²) in [6.45, 7) is 4.00. The van der Waals surface area contributed by atoms with Gasteiger partial charge in [-0.1, -0.05) is 76.6 Å². The zero-order valence-electron chi connectivity index (χ0n) is 24.1. The highest BCUT2D eigenvalue weighted by Crippen LogP contribution is 2.60. The fourth-order valence-corrected chi connectivity index (χ4v) is 8.30. The molecule has 6 rings (SSSR count). The Morgan fingerprint density at radius 1 is 1.00 bits per heavy atom. The smallest absolute Gasteiger partial charge is 0.245 e. The molecule has 4 heterocycles. The number of fused-ring (bicyclic) bond motifs is 1. The first kappa shape index (κ1) is 30.2. The van der Waals surface area contributed by atoms with Crippen molar-refractivity contribution < 1.29 is 29.0 Å². The van der Waals surface area contributed by atoms with E-state index in [0.717, 1.165) is 24.2 Å². The van der Waals surface area contributed by atoms with Gasteiger partial charge in [0.15, 0.2) is 0 Å². The Morgan fingerprint density at radius 3 is 2.35 bits per heavy atom. The lowest BCUT2D eigenvalue weighted by Crippen LogP contribution is -2.59. The molecule has 10 nitrogen and oxygen atoms in total. The van der Waals surface area contributed by atoms with Crippen molar-refractivity contribution in [3.05, 3.63) is 71.8 Å². The third-order valence-corrected chi connectivity index (χ3v) is 10.2. The highest BCUT2D eigenvalue weighted by atomic mass is 79.9. The van der Waals surface area contributed by atoms with Gasteiger partial charge in [0.05, 0.1) is 43.8 Å². The van der Waals surface area contributed by atoms with Gasteiger partial charge in [-0.2, -0.15) is 0 Å². The number of benzene rings is 2. The predicted molar refractivity (Wildman–Crippen MR) is 162 cm³/mol. The molecule has 0 saturated carbocycles.